The molecule has 68 valence electrons. The smallest absolute Gasteiger partial charge is 0.330 e. The Balaban J connectivity index is 3.53. The molecule has 0 aromatic heterocycles. The summed E-state index contributed by atoms with van der Waals surface area (Å²) >= 11 is 0. The number of rotatable bonds is 5. The summed E-state index contributed by atoms with van der Waals surface area (Å²) in [6.45, 7) is 2.29. The summed E-state index contributed by atoms with van der Waals surface area (Å²) in [5.74, 6) is -2.05. The van der Waals surface area contributed by atoms with Crippen molar-refractivity contribution in [3.63, 3.8) is 0 Å². The third-order valence-corrected chi connectivity index (χ3v) is 1.10. The van der Waals surface area contributed by atoms with E-state index in [-0.39, 0.29) is 0 Å². The highest BCUT2D eigenvalue weighted by atomic mass is 16.5. The maximum atomic E-state index is 10.6. The zero-order valence-electron chi connectivity index (χ0n) is 6.91. The monoisotopic (exact) mass is 171 g/mol. The van der Waals surface area contributed by atoms with E-state index in [1.165, 1.54) is 0 Å². The number of carboxylic acid groups (broad SMARTS) is 1. The molecule has 0 aromatic carbocycles. The van der Waals surface area contributed by atoms with Gasteiger partial charge in [-0.25, -0.2) is 4.79 Å². The van der Waals surface area contributed by atoms with Crippen LogP contribution in [0.2, 0.25) is 0 Å². The first-order valence-electron chi connectivity index (χ1n) is 3.72. The SMILES string of the molecule is CCCCOC(=O)/C=C\C(=O)[O-]. The average Bonchev–Trinajstić information content (AvgIpc) is 2.01. The van der Waals surface area contributed by atoms with E-state index < -0.39 is 11.9 Å². The van der Waals surface area contributed by atoms with E-state index in [2.05, 4.69) is 4.74 Å². The van der Waals surface area contributed by atoms with Crippen LogP contribution in [0.5, 0.6) is 0 Å². The molecule has 0 bridgehead atoms. The Morgan fingerprint density at radius 3 is 2.58 bits per heavy atom. The van der Waals surface area contributed by atoms with Gasteiger partial charge in [0.15, 0.2) is 0 Å². The molecule has 0 aliphatic carbocycles. The van der Waals surface area contributed by atoms with Crippen LogP contribution in [0.1, 0.15) is 19.8 Å². The number of hydrogen-bond donors (Lipinski definition) is 0. The fourth-order valence-electron chi connectivity index (χ4n) is 0.501. The Labute approximate surface area is 70.8 Å². The summed E-state index contributed by atoms with van der Waals surface area (Å²) in [6.07, 6.45) is 3.20. The summed E-state index contributed by atoms with van der Waals surface area (Å²) in [6, 6.07) is 0. The van der Waals surface area contributed by atoms with E-state index in [0.717, 1.165) is 18.9 Å². The van der Waals surface area contributed by atoms with E-state index in [1.807, 2.05) is 6.92 Å². The van der Waals surface area contributed by atoms with Gasteiger partial charge in [0.25, 0.3) is 0 Å². The van der Waals surface area contributed by atoms with Crippen LogP contribution in [0, 0.1) is 0 Å². The van der Waals surface area contributed by atoms with Crippen molar-refractivity contribution in [3.05, 3.63) is 12.2 Å². The Bertz CT molecular complexity index is 183. The number of aliphatic carboxylic acids is 1. The zero-order chi connectivity index (χ0) is 9.40. The summed E-state index contributed by atoms with van der Waals surface area (Å²) < 4.78 is 4.62. The molecule has 4 nitrogen and oxygen atoms in total. The molecular formula is C8H11O4-. The van der Waals surface area contributed by atoms with Gasteiger partial charge in [-0.05, 0) is 12.5 Å². The second kappa shape index (κ2) is 6.39. The van der Waals surface area contributed by atoms with Crippen LogP contribution in [-0.4, -0.2) is 18.5 Å². The fourth-order valence-corrected chi connectivity index (χ4v) is 0.501. The largest absolute Gasteiger partial charge is 0.545 e. The Morgan fingerprint density at radius 1 is 1.42 bits per heavy atom. The third kappa shape index (κ3) is 6.80. The zero-order valence-corrected chi connectivity index (χ0v) is 6.91. The molecule has 0 atom stereocenters. The minimum Gasteiger partial charge on any atom is -0.545 e. The molecule has 0 aromatic rings. The molecule has 0 heterocycles. The molecule has 0 amide bonds. The molecule has 0 spiro atoms. The maximum Gasteiger partial charge on any atom is 0.330 e. The van der Waals surface area contributed by atoms with Crippen molar-refractivity contribution in [2.45, 2.75) is 19.8 Å². The molecule has 0 radical (unpaired) electrons. The van der Waals surface area contributed by atoms with Crippen molar-refractivity contribution >= 4 is 11.9 Å². The van der Waals surface area contributed by atoms with Gasteiger partial charge in [0.2, 0.25) is 0 Å². The standard InChI is InChI=1S/C8H12O4/c1-2-3-6-12-8(11)5-4-7(9)10/h4-5H,2-3,6H2,1H3,(H,9,10)/p-1/b5-4-. The van der Waals surface area contributed by atoms with Gasteiger partial charge in [0.1, 0.15) is 0 Å². The van der Waals surface area contributed by atoms with Crippen molar-refractivity contribution in [1.82, 2.24) is 0 Å². The van der Waals surface area contributed by atoms with Crippen molar-refractivity contribution in [3.8, 4) is 0 Å². The average molecular weight is 171 g/mol. The molecule has 0 N–H and O–H groups in total. The molecule has 0 saturated heterocycles. The number of hydrogen-bond acceptors (Lipinski definition) is 4. The minimum absolute atomic E-state index is 0.326. The number of esters is 1. The van der Waals surface area contributed by atoms with Gasteiger partial charge in [0.05, 0.1) is 12.6 Å². The van der Waals surface area contributed by atoms with Gasteiger partial charge in [-0.1, -0.05) is 13.3 Å². The highest BCUT2D eigenvalue weighted by Crippen LogP contribution is 1.89. The summed E-state index contributed by atoms with van der Waals surface area (Å²) in [5.41, 5.74) is 0. The lowest BCUT2D eigenvalue weighted by Gasteiger charge is -1.98. The Hall–Kier alpha value is -1.32. The second-order valence-electron chi connectivity index (χ2n) is 2.17. The van der Waals surface area contributed by atoms with E-state index in [0.29, 0.717) is 12.7 Å². The number of carbonyl (C=O) groups is 2. The fraction of sp³-hybridized carbons (Fsp3) is 0.500. The van der Waals surface area contributed by atoms with Crippen LogP contribution in [-0.2, 0) is 14.3 Å². The molecule has 0 rings (SSSR count). The highest BCUT2D eigenvalue weighted by molar-refractivity contribution is 5.89. The van der Waals surface area contributed by atoms with Crippen LogP contribution in [0.3, 0.4) is 0 Å². The predicted molar refractivity (Wildman–Crippen MR) is 40.0 cm³/mol. The first kappa shape index (κ1) is 10.7. The third-order valence-electron chi connectivity index (χ3n) is 1.10. The van der Waals surface area contributed by atoms with Crippen LogP contribution >= 0.6 is 0 Å². The van der Waals surface area contributed by atoms with Gasteiger partial charge in [-0.3, -0.25) is 0 Å². The number of carboxylic acids is 1. The second-order valence-corrected chi connectivity index (χ2v) is 2.17. The van der Waals surface area contributed by atoms with Crippen molar-refractivity contribution in [1.29, 1.82) is 0 Å². The number of ether oxygens (including phenoxy) is 1. The normalized spacial score (nSPS) is 10.1. The van der Waals surface area contributed by atoms with Crippen LogP contribution < -0.4 is 5.11 Å². The molecule has 0 aliphatic heterocycles. The van der Waals surface area contributed by atoms with Gasteiger partial charge < -0.3 is 14.6 Å². The first-order chi connectivity index (χ1) is 5.66. The molecule has 0 unspecified atom stereocenters. The van der Waals surface area contributed by atoms with Gasteiger partial charge in [0, 0.05) is 6.08 Å². The van der Waals surface area contributed by atoms with Gasteiger partial charge in [-0.2, -0.15) is 0 Å². The Morgan fingerprint density at radius 2 is 2.08 bits per heavy atom. The number of unbranched alkanes of at least 4 members (excludes halogenated alkanes) is 1. The quantitative estimate of drug-likeness (QED) is 0.322. The van der Waals surface area contributed by atoms with E-state index >= 15 is 0 Å². The van der Waals surface area contributed by atoms with Gasteiger partial charge >= 0.3 is 5.97 Å². The maximum absolute atomic E-state index is 10.6. The lowest BCUT2D eigenvalue weighted by Crippen LogP contribution is -2.19. The van der Waals surface area contributed by atoms with Crippen molar-refractivity contribution in [2.75, 3.05) is 6.61 Å². The van der Waals surface area contributed by atoms with Crippen molar-refractivity contribution in [2.24, 2.45) is 0 Å². The van der Waals surface area contributed by atoms with E-state index in [1.54, 1.807) is 0 Å². The van der Waals surface area contributed by atoms with Crippen molar-refractivity contribution < 1.29 is 19.4 Å². The molecule has 4 heteroatoms. The number of carbonyl (C=O) groups excluding carboxylic acids is 2. The Kier molecular flexibility index (Phi) is 5.69. The lowest BCUT2D eigenvalue weighted by atomic mass is 10.4. The van der Waals surface area contributed by atoms with Crippen LogP contribution in [0.4, 0.5) is 0 Å². The summed E-state index contributed by atoms with van der Waals surface area (Å²) in [4.78, 5) is 20.5. The van der Waals surface area contributed by atoms with Gasteiger partial charge in [-0.15, -0.1) is 0 Å². The minimum atomic E-state index is -1.40. The summed E-state index contributed by atoms with van der Waals surface area (Å²) in [5, 5.41) is 9.83. The first-order valence-corrected chi connectivity index (χ1v) is 3.72. The molecule has 12 heavy (non-hydrogen) atoms. The summed E-state index contributed by atoms with van der Waals surface area (Å²) in [7, 11) is 0. The lowest BCUT2D eigenvalue weighted by molar-refractivity contribution is -0.297. The highest BCUT2D eigenvalue weighted by Gasteiger charge is 1.94. The van der Waals surface area contributed by atoms with E-state index in [4.69, 9.17) is 0 Å². The molecule has 0 fully saturated rings. The topological polar surface area (TPSA) is 66.4 Å². The predicted octanol–water partition coefficient (Wildman–Crippen LogP) is -0.364. The molecule has 0 saturated carbocycles. The van der Waals surface area contributed by atoms with Crippen LogP contribution in [0.15, 0.2) is 12.2 Å². The van der Waals surface area contributed by atoms with E-state index in [9.17, 15) is 14.7 Å². The molecule has 0 aliphatic rings. The molecular weight excluding hydrogens is 160 g/mol. The van der Waals surface area contributed by atoms with Crippen LogP contribution in [0.25, 0.3) is 0 Å².